The first-order valence-corrected chi connectivity index (χ1v) is 7.51. The summed E-state index contributed by atoms with van der Waals surface area (Å²) in [5.41, 5.74) is 1.68. The number of benzene rings is 1. The molecule has 1 aromatic rings. The molecule has 1 fully saturated rings. The van der Waals surface area contributed by atoms with E-state index in [1.165, 1.54) is 0 Å². The molecule has 0 spiro atoms. The first-order chi connectivity index (χ1) is 10.1. The van der Waals surface area contributed by atoms with E-state index in [-0.39, 0.29) is 30.8 Å². The Morgan fingerprint density at radius 2 is 2.23 bits per heavy atom. The summed E-state index contributed by atoms with van der Waals surface area (Å²) in [6.07, 6.45) is -0.527. The van der Waals surface area contributed by atoms with Crippen LogP contribution in [0, 0.1) is 6.92 Å². The molecule has 3 N–H and O–H groups in total. The van der Waals surface area contributed by atoms with Gasteiger partial charge in [0, 0.05) is 23.2 Å². The van der Waals surface area contributed by atoms with Gasteiger partial charge < -0.3 is 20.7 Å². The van der Waals surface area contributed by atoms with E-state index in [0.717, 1.165) is 22.3 Å². The molecule has 1 aliphatic heterocycles. The first-order valence-electron chi connectivity index (χ1n) is 6.72. The number of carbonyl (C=O) groups is 2. The third kappa shape index (κ3) is 5.57. The zero-order valence-electron chi connectivity index (χ0n) is 12.1. The molecule has 22 heavy (non-hydrogen) atoms. The van der Waals surface area contributed by atoms with Crippen LogP contribution in [0.4, 0.5) is 5.69 Å². The van der Waals surface area contributed by atoms with Gasteiger partial charge in [-0.05, 0) is 30.7 Å². The van der Waals surface area contributed by atoms with Crippen LogP contribution >= 0.6 is 28.3 Å². The third-order valence-electron chi connectivity index (χ3n) is 3.11. The van der Waals surface area contributed by atoms with E-state index in [4.69, 9.17) is 4.74 Å². The zero-order valence-corrected chi connectivity index (χ0v) is 14.6. The predicted molar refractivity (Wildman–Crippen MR) is 90.4 cm³/mol. The largest absolute Gasteiger partial charge is 0.366 e. The van der Waals surface area contributed by atoms with E-state index in [9.17, 15) is 9.59 Å². The minimum atomic E-state index is -0.527. The van der Waals surface area contributed by atoms with Gasteiger partial charge in [0.1, 0.15) is 6.10 Å². The molecule has 1 unspecified atom stereocenters. The van der Waals surface area contributed by atoms with Crippen molar-refractivity contribution in [3.05, 3.63) is 28.2 Å². The molecule has 6 nitrogen and oxygen atoms in total. The molecule has 0 saturated carbocycles. The Labute approximate surface area is 143 Å². The number of halogens is 2. The van der Waals surface area contributed by atoms with Gasteiger partial charge in [-0.15, -0.1) is 12.4 Å². The fourth-order valence-corrected chi connectivity index (χ4v) is 2.45. The zero-order chi connectivity index (χ0) is 15.2. The molecular formula is C14H19BrClN3O3. The van der Waals surface area contributed by atoms with Crippen molar-refractivity contribution >= 4 is 45.8 Å². The van der Waals surface area contributed by atoms with Gasteiger partial charge in [0.2, 0.25) is 5.91 Å². The number of nitrogens with one attached hydrogen (secondary N) is 3. The van der Waals surface area contributed by atoms with Crippen molar-refractivity contribution < 1.29 is 14.3 Å². The van der Waals surface area contributed by atoms with Gasteiger partial charge in [0.15, 0.2) is 0 Å². The Hall–Kier alpha value is -1.15. The van der Waals surface area contributed by atoms with Crippen LogP contribution in [0.3, 0.4) is 0 Å². The number of morpholine rings is 1. The number of carbonyl (C=O) groups excluding carboxylic acids is 2. The van der Waals surface area contributed by atoms with Crippen molar-refractivity contribution in [1.82, 2.24) is 10.6 Å². The summed E-state index contributed by atoms with van der Waals surface area (Å²) in [7, 11) is 0. The minimum absolute atomic E-state index is 0. The van der Waals surface area contributed by atoms with Gasteiger partial charge >= 0.3 is 0 Å². The molecule has 8 heteroatoms. The molecule has 1 atom stereocenters. The van der Waals surface area contributed by atoms with E-state index in [1.807, 2.05) is 25.1 Å². The topological polar surface area (TPSA) is 79.5 Å². The van der Waals surface area contributed by atoms with Crippen LogP contribution in [0.25, 0.3) is 0 Å². The van der Waals surface area contributed by atoms with Gasteiger partial charge in [-0.2, -0.15) is 0 Å². The van der Waals surface area contributed by atoms with Crippen molar-refractivity contribution in [2.45, 2.75) is 13.0 Å². The summed E-state index contributed by atoms with van der Waals surface area (Å²) in [6, 6.07) is 5.58. The standard InChI is InChI=1S/C14H18BrN3O3.ClH/c1-9-6-10(15)2-3-11(9)18-13(19)8-17-14(20)12-7-16-4-5-21-12;/h2-3,6,12,16H,4-5,7-8H2,1H3,(H,17,20)(H,18,19);1H. The lowest BCUT2D eigenvalue weighted by Gasteiger charge is -2.22. The van der Waals surface area contributed by atoms with Crippen LogP contribution in [-0.4, -0.2) is 44.2 Å². The molecule has 0 radical (unpaired) electrons. The Morgan fingerprint density at radius 3 is 2.86 bits per heavy atom. The van der Waals surface area contributed by atoms with Gasteiger partial charge in [-0.1, -0.05) is 15.9 Å². The molecule has 1 saturated heterocycles. The Bertz CT molecular complexity index is 536. The number of rotatable bonds is 4. The number of ether oxygens (including phenoxy) is 1. The fraction of sp³-hybridized carbons (Fsp3) is 0.429. The van der Waals surface area contributed by atoms with Gasteiger partial charge in [-0.3, -0.25) is 9.59 Å². The molecule has 2 amide bonds. The van der Waals surface area contributed by atoms with Crippen LogP contribution in [0.2, 0.25) is 0 Å². The smallest absolute Gasteiger partial charge is 0.250 e. The SMILES string of the molecule is Cc1cc(Br)ccc1NC(=O)CNC(=O)C1CNCCO1.Cl. The van der Waals surface area contributed by atoms with Crippen molar-refractivity contribution in [1.29, 1.82) is 0 Å². The van der Waals surface area contributed by atoms with Gasteiger partial charge in [0.05, 0.1) is 13.2 Å². The van der Waals surface area contributed by atoms with Crippen LogP contribution in [0.15, 0.2) is 22.7 Å². The highest BCUT2D eigenvalue weighted by Crippen LogP contribution is 2.19. The molecule has 1 aliphatic rings. The predicted octanol–water partition coefficient (Wildman–Crippen LogP) is 1.22. The summed E-state index contributed by atoms with van der Waals surface area (Å²) in [5, 5.41) is 8.41. The van der Waals surface area contributed by atoms with E-state index < -0.39 is 6.10 Å². The summed E-state index contributed by atoms with van der Waals surface area (Å²) < 4.78 is 6.26. The minimum Gasteiger partial charge on any atom is -0.366 e. The quantitative estimate of drug-likeness (QED) is 0.720. The number of amides is 2. The summed E-state index contributed by atoms with van der Waals surface area (Å²) >= 11 is 3.37. The highest BCUT2D eigenvalue weighted by molar-refractivity contribution is 9.10. The normalized spacial score (nSPS) is 17.3. The average Bonchev–Trinajstić information content (AvgIpc) is 2.48. The Balaban J connectivity index is 0.00000242. The van der Waals surface area contributed by atoms with Crippen molar-refractivity contribution in [2.24, 2.45) is 0 Å². The van der Waals surface area contributed by atoms with Gasteiger partial charge in [0.25, 0.3) is 5.91 Å². The Kier molecular flexibility index (Phi) is 7.81. The molecule has 0 aromatic heterocycles. The second kappa shape index (κ2) is 9.09. The molecule has 1 heterocycles. The van der Waals surface area contributed by atoms with Crippen LogP contribution < -0.4 is 16.0 Å². The maximum absolute atomic E-state index is 11.8. The number of anilines is 1. The highest BCUT2D eigenvalue weighted by Gasteiger charge is 2.21. The Morgan fingerprint density at radius 1 is 1.45 bits per heavy atom. The lowest BCUT2D eigenvalue weighted by molar-refractivity contribution is -0.135. The molecule has 2 rings (SSSR count). The molecule has 1 aromatic carbocycles. The van der Waals surface area contributed by atoms with Gasteiger partial charge in [-0.25, -0.2) is 0 Å². The van der Waals surface area contributed by atoms with Crippen LogP contribution in [0.1, 0.15) is 5.56 Å². The van der Waals surface area contributed by atoms with Crippen molar-refractivity contribution in [2.75, 3.05) is 31.6 Å². The second-order valence-corrected chi connectivity index (χ2v) is 5.70. The average molecular weight is 393 g/mol. The van der Waals surface area contributed by atoms with E-state index in [2.05, 4.69) is 31.9 Å². The first kappa shape index (κ1) is 18.9. The van der Waals surface area contributed by atoms with Crippen molar-refractivity contribution in [3.8, 4) is 0 Å². The summed E-state index contributed by atoms with van der Waals surface area (Å²) in [6.45, 7) is 3.55. The lowest BCUT2D eigenvalue weighted by Crippen LogP contribution is -2.49. The number of hydrogen-bond acceptors (Lipinski definition) is 4. The monoisotopic (exact) mass is 391 g/mol. The van der Waals surface area contributed by atoms with E-state index in [0.29, 0.717) is 13.2 Å². The highest BCUT2D eigenvalue weighted by atomic mass is 79.9. The third-order valence-corrected chi connectivity index (χ3v) is 3.60. The maximum Gasteiger partial charge on any atom is 0.250 e. The van der Waals surface area contributed by atoms with E-state index in [1.54, 1.807) is 0 Å². The molecule has 122 valence electrons. The molecular weight excluding hydrogens is 374 g/mol. The number of aryl methyl sites for hydroxylation is 1. The lowest BCUT2D eigenvalue weighted by atomic mass is 10.2. The van der Waals surface area contributed by atoms with Crippen LogP contribution in [0.5, 0.6) is 0 Å². The van der Waals surface area contributed by atoms with E-state index >= 15 is 0 Å². The fourth-order valence-electron chi connectivity index (χ4n) is 1.98. The summed E-state index contributed by atoms with van der Waals surface area (Å²) in [4.78, 5) is 23.6. The molecule has 0 aliphatic carbocycles. The second-order valence-electron chi connectivity index (χ2n) is 4.79. The number of hydrogen-bond donors (Lipinski definition) is 3. The summed E-state index contributed by atoms with van der Waals surface area (Å²) in [5.74, 6) is -0.539. The van der Waals surface area contributed by atoms with Crippen molar-refractivity contribution in [3.63, 3.8) is 0 Å². The maximum atomic E-state index is 11.8. The van der Waals surface area contributed by atoms with Crippen LogP contribution in [-0.2, 0) is 14.3 Å². The molecule has 0 bridgehead atoms.